The Morgan fingerprint density at radius 2 is 2.00 bits per heavy atom. The first-order valence-electron chi connectivity index (χ1n) is 14.0. The maximum absolute atomic E-state index is 13.3. The van der Waals surface area contributed by atoms with E-state index in [-0.39, 0.29) is 35.5 Å². The van der Waals surface area contributed by atoms with Gasteiger partial charge < -0.3 is 19.7 Å². The van der Waals surface area contributed by atoms with E-state index in [1.54, 1.807) is 11.9 Å². The van der Waals surface area contributed by atoms with Crippen molar-refractivity contribution in [2.45, 2.75) is 64.1 Å². The second kappa shape index (κ2) is 9.87. The van der Waals surface area contributed by atoms with Crippen molar-refractivity contribution in [3.05, 3.63) is 29.3 Å². The van der Waals surface area contributed by atoms with E-state index >= 15 is 0 Å². The quantitative estimate of drug-likeness (QED) is 0.334. The van der Waals surface area contributed by atoms with Crippen LogP contribution in [0.5, 0.6) is 0 Å². The van der Waals surface area contributed by atoms with E-state index in [1.165, 1.54) is 0 Å². The zero-order valence-electron chi connectivity index (χ0n) is 22.6. The minimum Gasteiger partial charge on any atom is -0.598 e. The lowest BCUT2D eigenvalue weighted by Crippen LogP contribution is -2.55. The van der Waals surface area contributed by atoms with Gasteiger partial charge in [-0.25, -0.2) is 0 Å². The zero-order valence-corrected chi connectivity index (χ0v) is 23.4. The van der Waals surface area contributed by atoms with Gasteiger partial charge in [0.25, 0.3) is 5.91 Å². The van der Waals surface area contributed by atoms with E-state index in [0.717, 1.165) is 50.1 Å². The number of amides is 3. The van der Waals surface area contributed by atoms with Crippen LogP contribution in [0.25, 0.3) is 0 Å². The van der Waals surface area contributed by atoms with Crippen LogP contribution in [0.2, 0.25) is 0 Å². The number of benzene rings is 1. The fraction of sp³-hybridized carbons (Fsp3) is 0.643. The van der Waals surface area contributed by atoms with Crippen molar-refractivity contribution in [2.75, 3.05) is 37.3 Å². The van der Waals surface area contributed by atoms with E-state index in [0.29, 0.717) is 36.6 Å². The highest BCUT2D eigenvalue weighted by atomic mass is 32.2. The molecule has 2 saturated heterocycles. The van der Waals surface area contributed by atoms with Crippen molar-refractivity contribution in [1.29, 1.82) is 0 Å². The molecule has 0 spiro atoms. The highest BCUT2D eigenvalue weighted by molar-refractivity contribution is 7.89. The molecule has 1 aromatic carbocycles. The van der Waals surface area contributed by atoms with Gasteiger partial charge in [0.2, 0.25) is 11.8 Å². The van der Waals surface area contributed by atoms with Gasteiger partial charge in [0.05, 0.1) is 5.41 Å². The minimum atomic E-state index is -1.25. The van der Waals surface area contributed by atoms with E-state index in [1.807, 2.05) is 12.1 Å². The number of nitrogens with zero attached hydrogens (tertiary/aromatic N) is 2. The van der Waals surface area contributed by atoms with Gasteiger partial charge in [-0.15, -0.1) is 4.72 Å². The number of hydrogen-bond donors (Lipinski definition) is 3. The Bertz CT molecular complexity index is 1230. The summed E-state index contributed by atoms with van der Waals surface area (Å²) in [5.74, 6) is 0.0737. The molecule has 3 N–H and O–H groups in total. The summed E-state index contributed by atoms with van der Waals surface area (Å²) in [5, 5.41) is 5.90. The average molecular weight is 556 g/mol. The summed E-state index contributed by atoms with van der Waals surface area (Å²) in [4.78, 5) is 54.5. The molecule has 3 heterocycles. The number of carbonyl (C=O) groups excluding carboxylic acids is 4. The predicted octanol–water partition coefficient (Wildman–Crippen LogP) is 0.875. The van der Waals surface area contributed by atoms with E-state index in [9.17, 15) is 23.7 Å². The van der Waals surface area contributed by atoms with Crippen molar-refractivity contribution in [2.24, 2.45) is 16.7 Å². The van der Waals surface area contributed by atoms with Gasteiger partial charge in [-0.3, -0.25) is 24.5 Å². The van der Waals surface area contributed by atoms with Crippen LogP contribution in [0.3, 0.4) is 0 Å². The highest BCUT2D eigenvalue weighted by Gasteiger charge is 2.68. The molecule has 2 bridgehead atoms. The topological polar surface area (TPSA) is 134 Å². The molecule has 2 aliphatic carbocycles. The van der Waals surface area contributed by atoms with E-state index in [2.05, 4.69) is 33.2 Å². The normalized spacial score (nSPS) is 35.0. The Morgan fingerprint density at radius 3 is 2.74 bits per heavy atom. The average Bonchev–Trinajstić information content (AvgIpc) is 3.45. The molecule has 6 rings (SSSR count). The molecule has 6 atom stereocenters. The summed E-state index contributed by atoms with van der Waals surface area (Å²) in [7, 11) is 1.68. The molecule has 0 radical (unpaired) electrons. The van der Waals surface area contributed by atoms with E-state index in [4.69, 9.17) is 0 Å². The lowest BCUT2D eigenvalue weighted by molar-refractivity contribution is -0.137. The van der Waals surface area contributed by atoms with Crippen molar-refractivity contribution in [3.8, 4) is 0 Å². The third-order valence-electron chi connectivity index (χ3n) is 10.3. The number of Topliss-reactive ketones (excluding diaryl/α,β-unsaturated/α-hetero) is 1. The maximum Gasteiger partial charge on any atom is 0.255 e. The van der Waals surface area contributed by atoms with Crippen LogP contribution in [0, 0.1) is 16.7 Å². The van der Waals surface area contributed by atoms with Crippen LogP contribution in [0.1, 0.15) is 61.4 Å². The lowest BCUT2D eigenvalue weighted by atomic mass is 9.65. The van der Waals surface area contributed by atoms with Crippen LogP contribution in [0.15, 0.2) is 18.2 Å². The van der Waals surface area contributed by atoms with Crippen molar-refractivity contribution in [1.82, 2.24) is 20.3 Å². The summed E-state index contributed by atoms with van der Waals surface area (Å²) in [6, 6.07) is 5.44. The van der Waals surface area contributed by atoms with Gasteiger partial charge in [-0.1, -0.05) is 6.92 Å². The summed E-state index contributed by atoms with van der Waals surface area (Å²) in [6.45, 7) is 5.02. The fourth-order valence-electron chi connectivity index (χ4n) is 8.11. The number of nitrogens with one attached hydrogen (secondary N) is 3. The molecular weight excluding hydrogens is 518 g/mol. The molecule has 4 fully saturated rings. The summed E-state index contributed by atoms with van der Waals surface area (Å²) in [5.41, 5.74) is 1.75. The van der Waals surface area contributed by atoms with Crippen LogP contribution < -0.4 is 20.3 Å². The molecule has 0 aromatic heterocycles. The number of imide groups is 1. The molecule has 39 heavy (non-hydrogen) atoms. The number of rotatable bonds is 7. The number of piperazine rings is 1. The Kier molecular flexibility index (Phi) is 6.76. The van der Waals surface area contributed by atoms with Crippen LogP contribution in [-0.4, -0.2) is 77.5 Å². The number of piperidine rings is 1. The Morgan fingerprint density at radius 1 is 1.18 bits per heavy atom. The fourth-order valence-corrected chi connectivity index (χ4v) is 9.33. The molecule has 3 amide bonds. The first-order chi connectivity index (χ1) is 18.7. The third kappa shape index (κ3) is 4.20. The van der Waals surface area contributed by atoms with Crippen molar-refractivity contribution >= 4 is 40.6 Å². The highest BCUT2D eigenvalue weighted by Crippen LogP contribution is 2.66. The molecule has 1 aromatic rings. The second-order valence-electron chi connectivity index (χ2n) is 12.1. The van der Waals surface area contributed by atoms with Crippen LogP contribution in [-0.2, 0) is 32.3 Å². The van der Waals surface area contributed by atoms with E-state index < -0.39 is 28.7 Å². The Hall–Kier alpha value is -2.47. The predicted molar refractivity (Wildman–Crippen MR) is 146 cm³/mol. The molecule has 2 saturated carbocycles. The molecule has 11 heteroatoms. The van der Waals surface area contributed by atoms with Crippen molar-refractivity contribution < 1.29 is 23.7 Å². The number of carbonyl (C=O) groups is 4. The van der Waals surface area contributed by atoms with Gasteiger partial charge >= 0.3 is 0 Å². The third-order valence-corrected chi connectivity index (χ3v) is 11.5. The molecular formula is C28H37N5O5S. The van der Waals surface area contributed by atoms with Gasteiger partial charge in [-0.2, -0.15) is 0 Å². The number of anilines is 1. The molecule has 5 aliphatic rings. The van der Waals surface area contributed by atoms with Crippen molar-refractivity contribution in [3.63, 3.8) is 0 Å². The SMILES string of the molecule is CN[S+]([O-])CC12CCC(CC1=O)C2(C)CC1CNCCN1c1ccc2c(c1)CN([C@H]1CCC(=O)NC1=O)C2=O. The first-order valence-corrected chi connectivity index (χ1v) is 15.3. The Labute approximate surface area is 231 Å². The maximum atomic E-state index is 13.3. The number of fused-ring (bicyclic) bond motifs is 3. The zero-order chi connectivity index (χ0) is 27.5. The molecule has 10 nitrogen and oxygen atoms in total. The lowest BCUT2D eigenvalue weighted by Gasteiger charge is -2.46. The largest absolute Gasteiger partial charge is 0.598 e. The van der Waals surface area contributed by atoms with Crippen LogP contribution in [0.4, 0.5) is 5.69 Å². The molecule has 5 unspecified atom stereocenters. The molecule has 3 aliphatic heterocycles. The summed E-state index contributed by atoms with van der Waals surface area (Å²) >= 11 is -1.25. The number of hydrogen-bond acceptors (Lipinski definition) is 8. The summed E-state index contributed by atoms with van der Waals surface area (Å²) < 4.78 is 15.5. The minimum absolute atomic E-state index is 0.152. The van der Waals surface area contributed by atoms with Gasteiger partial charge in [-0.05, 0) is 60.8 Å². The summed E-state index contributed by atoms with van der Waals surface area (Å²) in [6.07, 6.45) is 3.79. The Balaban J connectivity index is 1.24. The smallest absolute Gasteiger partial charge is 0.255 e. The van der Waals surface area contributed by atoms with Gasteiger partial charge in [0.1, 0.15) is 17.6 Å². The monoisotopic (exact) mass is 555 g/mol. The van der Waals surface area contributed by atoms with Gasteiger partial charge in [0, 0.05) is 74.7 Å². The van der Waals surface area contributed by atoms with Crippen LogP contribution >= 0.6 is 0 Å². The second-order valence-corrected chi connectivity index (χ2v) is 13.4. The molecule has 210 valence electrons. The number of ketones is 1. The standard InChI is InChI=1S/C28H37N5O5S/c1-27(18-7-8-28(27,23(34)12-18)16-39(38)29-2)13-20-14-30-9-10-32(20)19-3-4-21-17(11-19)15-33(26(21)37)22-5-6-24(35)31-25(22)36/h3-4,11,18,20,22,29-30H,5-10,12-16H2,1-2H3,(H,31,35,36)/t18?,20?,22-,27?,28?,39?/m0/s1. The van der Waals surface area contributed by atoms with Gasteiger partial charge in [0.15, 0.2) is 0 Å². The first kappa shape index (κ1) is 26.7.